The third-order valence-corrected chi connectivity index (χ3v) is 2.61. The number of ether oxygens (including phenoxy) is 1. The Labute approximate surface area is 117 Å². The van der Waals surface area contributed by atoms with E-state index >= 15 is 0 Å². The minimum Gasteiger partial charge on any atom is -0.478 e. The van der Waals surface area contributed by atoms with Gasteiger partial charge >= 0.3 is 5.97 Å². The zero-order chi connectivity index (χ0) is 15.1. The fourth-order valence-electron chi connectivity index (χ4n) is 1.52. The van der Waals surface area contributed by atoms with Gasteiger partial charge in [-0.2, -0.15) is 0 Å². The van der Waals surface area contributed by atoms with Gasteiger partial charge in [-0.3, -0.25) is 0 Å². The Hall–Kier alpha value is -1.86. The Kier molecular flexibility index (Phi) is 6.20. The summed E-state index contributed by atoms with van der Waals surface area (Å²) in [6.07, 6.45) is 0. The van der Waals surface area contributed by atoms with Crippen molar-refractivity contribution in [3.05, 3.63) is 23.5 Å². The summed E-state index contributed by atoms with van der Waals surface area (Å²) < 4.78 is 18.9. The Morgan fingerprint density at radius 1 is 1.45 bits per heavy atom. The maximum atomic E-state index is 13.6. The number of hydrogen-bond acceptors (Lipinski definition) is 5. The zero-order valence-electron chi connectivity index (χ0n) is 11.6. The van der Waals surface area contributed by atoms with Crippen LogP contribution in [-0.2, 0) is 4.74 Å². The zero-order valence-corrected chi connectivity index (χ0v) is 11.6. The van der Waals surface area contributed by atoms with Crippen molar-refractivity contribution in [3.63, 3.8) is 0 Å². The molecule has 0 fully saturated rings. The molecule has 0 unspecified atom stereocenters. The van der Waals surface area contributed by atoms with Gasteiger partial charge in [-0.1, -0.05) is 0 Å². The highest BCUT2D eigenvalue weighted by molar-refractivity contribution is 5.94. The molecule has 0 radical (unpaired) electrons. The second-order valence-electron chi connectivity index (χ2n) is 4.57. The van der Waals surface area contributed by atoms with Crippen LogP contribution in [-0.4, -0.2) is 56.4 Å². The van der Waals surface area contributed by atoms with E-state index in [1.807, 2.05) is 19.0 Å². The van der Waals surface area contributed by atoms with Crippen LogP contribution >= 0.6 is 0 Å². The topological polar surface area (TPSA) is 87.8 Å². The molecule has 20 heavy (non-hydrogen) atoms. The van der Waals surface area contributed by atoms with E-state index in [9.17, 15) is 9.18 Å². The number of likely N-dealkylation sites (N-methyl/N-ethyl adjacent to an activating group) is 1. The number of anilines is 2. The van der Waals surface area contributed by atoms with Crippen LogP contribution in [0, 0.1) is 5.82 Å². The molecular formula is C13H20FN3O3. The van der Waals surface area contributed by atoms with Crippen LogP contribution in [0.5, 0.6) is 0 Å². The number of carboxylic acid groups (broad SMARTS) is 1. The molecule has 0 spiro atoms. The first-order valence-corrected chi connectivity index (χ1v) is 6.20. The molecule has 7 heteroatoms. The Morgan fingerprint density at radius 3 is 2.75 bits per heavy atom. The van der Waals surface area contributed by atoms with Crippen molar-refractivity contribution in [3.8, 4) is 0 Å². The SMILES string of the molecule is CN(C)CCOCCNc1cc(C(=O)O)c(N)cc1F. The van der Waals surface area contributed by atoms with Crippen molar-refractivity contribution in [1.82, 2.24) is 4.90 Å². The van der Waals surface area contributed by atoms with Crippen molar-refractivity contribution in [2.75, 3.05) is 51.4 Å². The smallest absolute Gasteiger partial charge is 0.337 e. The number of nitrogens with one attached hydrogen (secondary N) is 1. The van der Waals surface area contributed by atoms with E-state index in [0.29, 0.717) is 19.8 Å². The molecule has 4 N–H and O–H groups in total. The van der Waals surface area contributed by atoms with Crippen molar-refractivity contribution in [2.24, 2.45) is 0 Å². The highest BCUT2D eigenvalue weighted by Gasteiger charge is 2.12. The molecule has 0 saturated heterocycles. The molecule has 1 aromatic rings. The number of carboxylic acids is 1. The van der Waals surface area contributed by atoms with Gasteiger partial charge in [0.2, 0.25) is 0 Å². The van der Waals surface area contributed by atoms with E-state index in [1.165, 1.54) is 6.07 Å². The van der Waals surface area contributed by atoms with Crippen molar-refractivity contribution >= 4 is 17.3 Å². The molecule has 0 heterocycles. The molecule has 0 bridgehead atoms. The number of nitrogens with zero attached hydrogens (tertiary/aromatic N) is 1. The van der Waals surface area contributed by atoms with Gasteiger partial charge in [-0.05, 0) is 26.2 Å². The van der Waals surface area contributed by atoms with Crippen LogP contribution in [0.1, 0.15) is 10.4 Å². The van der Waals surface area contributed by atoms with Gasteiger partial charge in [0.15, 0.2) is 0 Å². The average Bonchev–Trinajstić information content (AvgIpc) is 2.34. The van der Waals surface area contributed by atoms with Gasteiger partial charge in [0.05, 0.1) is 24.5 Å². The van der Waals surface area contributed by atoms with E-state index in [0.717, 1.165) is 12.6 Å². The fraction of sp³-hybridized carbons (Fsp3) is 0.462. The Bertz CT molecular complexity index is 466. The van der Waals surface area contributed by atoms with E-state index in [2.05, 4.69) is 5.32 Å². The number of benzene rings is 1. The van der Waals surface area contributed by atoms with Crippen molar-refractivity contribution in [1.29, 1.82) is 0 Å². The van der Waals surface area contributed by atoms with Crippen LogP contribution in [0.4, 0.5) is 15.8 Å². The molecule has 0 aliphatic carbocycles. The van der Waals surface area contributed by atoms with E-state index in [4.69, 9.17) is 15.6 Å². The third kappa shape index (κ3) is 5.02. The van der Waals surface area contributed by atoms with E-state index < -0.39 is 11.8 Å². The van der Waals surface area contributed by atoms with E-state index in [1.54, 1.807) is 0 Å². The second-order valence-corrected chi connectivity index (χ2v) is 4.57. The van der Waals surface area contributed by atoms with Crippen LogP contribution in [0.3, 0.4) is 0 Å². The molecule has 112 valence electrons. The van der Waals surface area contributed by atoms with Gasteiger partial charge in [-0.15, -0.1) is 0 Å². The van der Waals surface area contributed by atoms with Gasteiger partial charge in [0.25, 0.3) is 0 Å². The molecular weight excluding hydrogens is 265 g/mol. The van der Waals surface area contributed by atoms with Gasteiger partial charge in [0, 0.05) is 18.8 Å². The number of nitrogen functional groups attached to an aromatic ring is 1. The van der Waals surface area contributed by atoms with E-state index in [-0.39, 0.29) is 16.9 Å². The number of aromatic carboxylic acids is 1. The highest BCUT2D eigenvalue weighted by Crippen LogP contribution is 2.22. The summed E-state index contributed by atoms with van der Waals surface area (Å²) in [6.45, 7) is 2.17. The lowest BCUT2D eigenvalue weighted by Crippen LogP contribution is -2.20. The molecule has 1 aromatic carbocycles. The summed E-state index contributed by atoms with van der Waals surface area (Å²) in [5.41, 5.74) is 5.32. The minimum absolute atomic E-state index is 0.0946. The summed E-state index contributed by atoms with van der Waals surface area (Å²) in [4.78, 5) is 12.9. The quantitative estimate of drug-likeness (QED) is 0.489. The number of carbonyl (C=O) groups is 1. The Balaban J connectivity index is 2.47. The standard InChI is InChI=1S/C13H20FN3O3/c1-17(2)4-6-20-5-3-16-12-7-9(13(18)19)11(15)8-10(12)14/h7-8,16H,3-6,15H2,1-2H3,(H,18,19). The number of rotatable bonds is 8. The lowest BCUT2D eigenvalue weighted by molar-refractivity contribution is 0.0698. The predicted molar refractivity (Wildman–Crippen MR) is 75.6 cm³/mol. The van der Waals surface area contributed by atoms with Crippen LogP contribution in [0.15, 0.2) is 12.1 Å². The lowest BCUT2D eigenvalue weighted by Gasteiger charge is -2.12. The first kappa shape index (κ1) is 16.2. The second kappa shape index (κ2) is 7.66. The van der Waals surface area contributed by atoms with Crippen molar-refractivity contribution in [2.45, 2.75) is 0 Å². The number of nitrogens with two attached hydrogens (primary N) is 1. The van der Waals surface area contributed by atoms with Gasteiger partial charge in [0.1, 0.15) is 5.82 Å². The molecule has 0 amide bonds. The predicted octanol–water partition coefficient (Wildman–Crippen LogP) is 1.10. The minimum atomic E-state index is -1.19. The number of halogens is 1. The summed E-state index contributed by atoms with van der Waals surface area (Å²) in [7, 11) is 3.89. The monoisotopic (exact) mass is 285 g/mol. The Morgan fingerprint density at radius 2 is 2.15 bits per heavy atom. The first-order valence-electron chi connectivity index (χ1n) is 6.20. The maximum absolute atomic E-state index is 13.6. The van der Waals surface area contributed by atoms with Crippen LogP contribution in [0.2, 0.25) is 0 Å². The summed E-state index contributed by atoms with van der Waals surface area (Å²) in [5, 5.41) is 11.7. The normalized spacial score (nSPS) is 10.8. The molecule has 0 saturated carbocycles. The number of hydrogen-bond donors (Lipinski definition) is 3. The lowest BCUT2D eigenvalue weighted by atomic mass is 10.1. The molecule has 0 aromatic heterocycles. The summed E-state index contributed by atoms with van der Waals surface area (Å²) >= 11 is 0. The third-order valence-electron chi connectivity index (χ3n) is 2.61. The van der Waals surface area contributed by atoms with Gasteiger partial charge in [-0.25, -0.2) is 9.18 Å². The average molecular weight is 285 g/mol. The van der Waals surface area contributed by atoms with Gasteiger partial charge < -0.3 is 25.8 Å². The largest absolute Gasteiger partial charge is 0.478 e. The maximum Gasteiger partial charge on any atom is 0.337 e. The first-order chi connectivity index (χ1) is 9.41. The molecule has 0 aliphatic rings. The molecule has 6 nitrogen and oxygen atoms in total. The van der Waals surface area contributed by atoms with Crippen LogP contribution in [0.25, 0.3) is 0 Å². The van der Waals surface area contributed by atoms with Crippen LogP contribution < -0.4 is 11.1 Å². The van der Waals surface area contributed by atoms with Crippen molar-refractivity contribution < 1.29 is 19.0 Å². The fourth-order valence-corrected chi connectivity index (χ4v) is 1.52. The molecule has 0 atom stereocenters. The summed E-state index contributed by atoms with van der Waals surface area (Å²) in [5.74, 6) is -1.77. The summed E-state index contributed by atoms with van der Waals surface area (Å²) in [6, 6.07) is 2.19. The highest BCUT2D eigenvalue weighted by atomic mass is 19.1. The molecule has 0 aliphatic heterocycles. The molecule has 1 rings (SSSR count).